The summed E-state index contributed by atoms with van der Waals surface area (Å²) >= 11 is 0. The molecule has 0 bridgehead atoms. The first kappa shape index (κ1) is 18.4. The highest BCUT2D eigenvalue weighted by Crippen LogP contribution is 2.11. The van der Waals surface area contributed by atoms with Crippen molar-refractivity contribution >= 4 is 5.91 Å². The lowest BCUT2D eigenvalue weighted by molar-refractivity contribution is -0.124. The van der Waals surface area contributed by atoms with Crippen LogP contribution in [0.1, 0.15) is 71.6 Å². The third kappa shape index (κ3) is 8.22. The molecule has 0 heterocycles. The molecule has 0 rings (SSSR count). The van der Waals surface area contributed by atoms with Gasteiger partial charge in [-0.15, -0.1) is 0 Å². The van der Waals surface area contributed by atoms with Gasteiger partial charge in [-0.25, -0.2) is 0 Å². The normalized spacial score (nSPS) is 11.6. The minimum Gasteiger partial charge on any atom is -0.394 e. The van der Waals surface area contributed by atoms with Crippen LogP contribution in [0.15, 0.2) is 0 Å². The van der Waals surface area contributed by atoms with Crippen LogP contribution in [0.4, 0.5) is 0 Å². The molecule has 0 atom stereocenters. The van der Waals surface area contributed by atoms with Gasteiger partial charge in [-0.05, 0) is 12.8 Å². The first-order chi connectivity index (χ1) is 9.14. The standard InChI is InChI=1S/C15H31NO3/c1-3-5-6-7-8-9-10-11-14(19)16-15(4-2,12-17)13-18/h17-18H,3-13H2,1-2H3,(H,16,19). The maximum Gasteiger partial charge on any atom is 0.220 e. The smallest absolute Gasteiger partial charge is 0.220 e. The van der Waals surface area contributed by atoms with E-state index in [2.05, 4.69) is 12.2 Å². The largest absolute Gasteiger partial charge is 0.394 e. The summed E-state index contributed by atoms with van der Waals surface area (Å²) in [4.78, 5) is 11.7. The summed E-state index contributed by atoms with van der Waals surface area (Å²) in [5.74, 6) is -0.0708. The van der Waals surface area contributed by atoms with Gasteiger partial charge >= 0.3 is 0 Å². The van der Waals surface area contributed by atoms with Crippen molar-refractivity contribution in [2.75, 3.05) is 13.2 Å². The Morgan fingerprint density at radius 2 is 1.47 bits per heavy atom. The summed E-state index contributed by atoms with van der Waals surface area (Å²) in [7, 11) is 0. The van der Waals surface area contributed by atoms with Crippen molar-refractivity contribution in [2.45, 2.75) is 77.2 Å². The molecule has 0 radical (unpaired) electrons. The van der Waals surface area contributed by atoms with Crippen LogP contribution >= 0.6 is 0 Å². The van der Waals surface area contributed by atoms with Crippen LogP contribution in [-0.2, 0) is 4.79 Å². The van der Waals surface area contributed by atoms with Gasteiger partial charge in [0.25, 0.3) is 0 Å². The summed E-state index contributed by atoms with van der Waals surface area (Å²) in [5.41, 5.74) is -0.849. The van der Waals surface area contributed by atoms with Gasteiger partial charge in [-0.3, -0.25) is 4.79 Å². The Morgan fingerprint density at radius 3 is 1.95 bits per heavy atom. The summed E-state index contributed by atoms with van der Waals surface area (Å²) < 4.78 is 0. The molecule has 0 aromatic carbocycles. The maximum absolute atomic E-state index is 11.7. The first-order valence-electron chi connectivity index (χ1n) is 7.67. The summed E-state index contributed by atoms with van der Waals surface area (Å²) in [6.07, 6.45) is 9.25. The van der Waals surface area contributed by atoms with Crippen molar-refractivity contribution in [2.24, 2.45) is 0 Å². The van der Waals surface area contributed by atoms with Gasteiger partial charge < -0.3 is 15.5 Å². The second-order valence-corrected chi connectivity index (χ2v) is 5.37. The van der Waals surface area contributed by atoms with Crippen molar-refractivity contribution in [1.82, 2.24) is 5.32 Å². The van der Waals surface area contributed by atoms with E-state index in [1.165, 1.54) is 32.1 Å². The Hall–Kier alpha value is -0.610. The van der Waals surface area contributed by atoms with E-state index in [9.17, 15) is 15.0 Å². The van der Waals surface area contributed by atoms with Gasteiger partial charge in [0, 0.05) is 6.42 Å². The van der Waals surface area contributed by atoms with E-state index in [1.807, 2.05) is 6.92 Å². The van der Waals surface area contributed by atoms with E-state index in [-0.39, 0.29) is 19.1 Å². The molecular formula is C15H31NO3. The van der Waals surface area contributed by atoms with Crippen LogP contribution in [0.3, 0.4) is 0 Å². The molecule has 19 heavy (non-hydrogen) atoms. The van der Waals surface area contributed by atoms with E-state index >= 15 is 0 Å². The molecule has 0 spiro atoms. The topological polar surface area (TPSA) is 69.6 Å². The Labute approximate surface area is 117 Å². The SMILES string of the molecule is CCCCCCCCCC(=O)NC(CC)(CO)CO. The number of aliphatic hydroxyl groups is 2. The summed E-state index contributed by atoms with van der Waals surface area (Å²) in [6.45, 7) is 3.61. The number of rotatable bonds is 12. The highest BCUT2D eigenvalue weighted by molar-refractivity contribution is 5.76. The zero-order chi connectivity index (χ0) is 14.6. The number of nitrogens with one attached hydrogen (secondary N) is 1. The molecule has 4 heteroatoms. The Morgan fingerprint density at radius 1 is 0.947 bits per heavy atom. The van der Waals surface area contributed by atoms with E-state index in [0.29, 0.717) is 12.8 Å². The average Bonchev–Trinajstić information content (AvgIpc) is 2.44. The van der Waals surface area contributed by atoms with E-state index in [0.717, 1.165) is 12.8 Å². The van der Waals surface area contributed by atoms with Crippen molar-refractivity contribution in [1.29, 1.82) is 0 Å². The van der Waals surface area contributed by atoms with Crippen molar-refractivity contribution in [3.63, 3.8) is 0 Å². The minimum absolute atomic E-state index is 0.0708. The molecular weight excluding hydrogens is 242 g/mol. The molecule has 0 aliphatic rings. The molecule has 0 saturated carbocycles. The van der Waals surface area contributed by atoms with Crippen LogP contribution in [0.2, 0.25) is 0 Å². The second-order valence-electron chi connectivity index (χ2n) is 5.37. The average molecular weight is 273 g/mol. The lowest BCUT2D eigenvalue weighted by Crippen LogP contribution is -2.53. The monoisotopic (exact) mass is 273 g/mol. The molecule has 0 aliphatic heterocycles. The molecule has 0 unspecified atom stereocenters. The van der Waals surface area contributed by atoms with Crippen molar-refractivity contribution in [3.05, 3.63) is 0 Å². The van der Waals surface area contributed by atoms with Crippen molar-refractivity contribution in [3.8, 4) is 0 Å². The molecule has 0 aromatic heterocycles. The Bertz CT molecular complexity index is 219. The lowest BCUT2D eigenvalue weighted by atomic mass is 9.98. The summed E-state index contributed by atoms with van der Waals surface area (Å²) in [6, 6.07) is 0. The van der Waals surface area contributed by atoms with Crippen LogP contribution < -0.4 is 5.32 Å². The maximum atomic E-state index is 11.7. The van der Waals surface area contributed by atoms with E-state index < -0.39 is 5.54 Å². The second kappa shape index (κ2) is 11.2. The number of carbonyl (C=O) groups is 1. The predicted octanol–water partition coefficient (Wildman–Crippen LogP) is 2.38. The van der Waals surface area contributed by atoms with Crippen LogP contribution in [0, 0.1) is 0 Å². The van der Waals surface area contributed by atoms with Gasteiger partial charge in [0.15, 0.2) is 0 Å². The zero-order valence-electron chi connectivity index (χ0n) is 12.6. The van der Waals surface area contributed by atoms with Crippen molar-refractivity contribution < 1.29 is 15.0 Å². The fraction of sp³-hybridized carbons (Fsp3) is 0.933. The number of hydrogen-bond donors (Lipinski definition) is 3. The predicted molar refractivity (Wildman–Crippen MR) is 77.9 cm³/mol. The van der Waals surface area contributed by atoms with Gasteiger partial charge in [0.05, 0.1) is 18.8 Å². The first-order valence-corrected chi connectivity index (χ1v) is 7.67. The minimum atomic E-state index is -0.849. The van der Waals surface area contributed by atoms with Gasteiger partial charge in [-0.2, -0.15) is 0 Å². The third-order valence-corrected chi connectivity index (χ3v) is 3.69. The third-order valence-electron chi connectivity index (χ3n) is 3.69. The van der Waals surface area contributed by atoms with Gasteiger partial charge in [0.2, 0.25) is 5.91 Å². The number of carbonyl (C=O) groups excluding carboxylic acids is 1. The summed E-state index contributed by atoms with van der Waals surface area (Å²) in [5, 5.41) is 21.2. The highest BCUT2D eigenvalue weighted by Gasteiger charge is 2.27. The number of hydrogen-bond acceptors (Lipinski definition) is 3. The number of amides is 1. The molecule has 0 aromatic rings. The quantitative estimate of drug-likeness (QED) is 0.478. The van der Waals surface area contributed by atoms with E-state index in [1.54, 1.807) is 0 Å². The molecule has 4 nitrogen and oxygen atoms in total. The molecule has 0 saturated heterocycles. The van der Waals surface area contributed by atoms with Crippen LogP contribution in [0.5, 0.6) is 0 Å². The van der Waals surface area contributed by atoms with Gasteiger partial charge in [0.1, 0.15) is 0 Å². The fourth-order valence-corrected chi connectivity index (χ4v) is 2.04. The molecule has 114 valence electrons. The fourth-order valence-electron chi connectivity index (χ4n) is 2.04. The van der Waals surface area contributed by atoms with E-state index in [4.69, 9.17) is 0 Å². The van der Waals surface area contributed by atoms with Crippen LogP contribution in [0.25, 0.3) is 0 Å². The molecule has 3 N–H and O–H groups in total. The molecule has 0 fully saturated rings. The Kier molecular flexibility index (Phi) is 10.9. The highest BCUT2D eigenvalue weighted by atomic mass is 16.3. The number of unbranched alkanes of at least 4 members (excludes halogenated alkanes) is 6. The van der Waals surface area contributed by atoms with Gasteiger partial charge in [-0.1, -0.05) is 52.4 Å². The molecule has 0 aliphatic carbocycles. The zero-order valence-corrected chi connectivity index (χ0v) is 12.6. The number of aliphatic hydroxyl groups excluding tert-OH is 2. The molecule has 1 amide bonds. The van der Waals surface area contributed by atoms with Crippen LogP contribution in [-0.4, -0.2) is 34.9 Å². The Balaban J connectivity index is 3.69. The lowest BCUT2D eigenvalue weighted by Gasteiger charge is -2.29.